The molecule has 118 valence electrons. The number of anilines is 1. The number of carbonyl (C=O) groups excluding carboxylic acids is 1. The maximum atomic E-state index is 12.8. The maximum absolute atomic E-state index is 12.8. The first kappa shape index (κ1) is 16.5. The molecular weight excluding hydrogens is 321 g/mol. The zero-order valence-corrected chi connectivity index (χ0v) is 12.8. The smallest absolute Gasteiger partial charge is 0.271 e. The van der Waals surface area contributed by atoms with Crippen LogP contribution in [-0.4, -0.2) is 15.9 Å². The molecule has 0 unspecified atom stereocenters. The molecule has 0 bridgehead atoms. The molecule has 2 aromatic carbocycles. The predicted molar refractivity (Wildman–Crippen MR) is 87.9 cm³/mol. The summed E-state index contributed by atoms with van der Waals surface area (Å²) in [6, 6.07) is 9.25. The van der Waals surface area contributed by atoms with E-state index in [-0.39, 0.29) is 16.4 Å². The quantitative estimate of drug-likeness (QED) is 0.512. The van der Waals surface area contributed by atoms with Gasteiger partial charge in [-0.05, 0) is 49.0 Å². The predicted octanol–water partition coefficient (Wildman–Crippen LogP) is 3.17. The molecule has 0 saturated heterocycles. The number of nitrogens with zero attached hydrogens (tertiary/aromatic N) is 1. The second-order valence-corrected chi connectivity index (χ2v) is 5.08. The number of nitro groups is 1. The topological polar surface area (TPSA) is 84.3 Å². The summed E-state index contributed by atoms with van der Waals surface area (Å²) in [5, 5.41) is 15.9. The molecule has 0 aliphatic carbocycles. The maximum Gasteiger partial charge on any atom is 0.271 e. The van der Waals surface area contributed by atoms with Crippen LogP contribution < -0.4 is 10.6 Å². The SMILES string of the molecule is Cc1ccc([N+](=O)[O-])cc1NC(=S)NC(=O)c1ccc(F)cc1. The highest BCUT2D eigenvalue weighted by Gasteiger charge is 2.12. The largest absolute Gasteiger partial charge is 0.332 e. The Balaban J connectivity index is 2.07. The zero-order valence-electron chi connectivity index (χ0n) is 12.0. The Morgan fingerprint density at radius 3 is 2.48 bits per heavy atom. The summed E-state index contributed by atoms with van der Waals surface area (Å²) in [5.74, 6) is -0.958. The number of aryl methyl sites for hydroxylation is 1. The van der Waals surface area contributed by atoms with Crippen LogP contribution in [0.2, 0.25) is 0 Å². The van der Waals surface area contributed by atoms with E-state index in [1.165, 1.54) is 24.3 Å². The molecule has 0 atom stereocenters. The van der Waals surface area contributed by atoms with Crippen molar-refractivity contribution in [3.8, 4) is 0 Å². The van der Waals surface area contributed by atoms with E-state index >= 15 is 0 Å². The van der Waals surface area contributed by atoms with Gasteiger partial charge in [-0.3, -0.25) is 20.2 Å². The van der Waals surface area contributed by atoms with Crippen molar-refractivity contribution < 1.29 is 14.1 Å². The van der Waals surface area contributed by atoms with E-state index in [9.17, 15) is 19.3 Å². The highest BCUT2D eigenvalue weighted by Crippen LogP contribution is 2.21. The van der Waals surface area contributed by atoms with Crippen molar-refractivity contribution in [1.29, 1.82) is 0 Å². The van der Waals surface area contributed by atoms with E-state index < -0.39 is 16.6 Å². The lowest BCUT2D eigenvalue weighted by Crippen LogP contribution is -2.34. The van der Waals surface area contributed by atoms with Gasteiger partial charge in [0, 0.05) is 23.4 Å². The number of non-ortho nitro benzene ring substituents is 1. The van der Waals surface area contributed by atoms with Crippen molar-refractivity contribution in [3.05, 3.63) is 69.5 Å². The van der Waals surface area contributed by atoms with Crippen molar-refractivity contribution in [2.45, 2.75) is 6.92 Å². The number of nitrogens with one attached hydrogen (secondary N) is 2. The number of carbonyl (C=O) groups is 1. The molecule has 2 aromatic rings. The number of halogens is 1. The van der Waals surface area contributed by atoms with Crippen molar-refractivity contribution in [3.63, 3.8) is 0 Å². The lowest BCUT2D eigenvalue weighted by Gasteiger charge is -2.11. The zero-order chi connectivity index (χ0) is 17.0. The number of rotatable bonds is 3. The van der Waals surface area contributed by atoms with Gasteiger partial charge in [0.1, 0.15) is 5.82 Å². The fourth-order valence-corrected chi connectivity index (χ4v) is 1.99. The van der Waals surface area contributed by atoms with Gasteiger partial charge in [-0.2, -0.15) is 0 Å². The molecule has 23 heavy (non-hydrogen) atoms. The summed E-state index contributed by atoms with van der Waals surface area (Å²) < 4.78 is 12.8. The Labute approximate surface area is 136 Å². The Morgan fingerprint density at radius 2 is 1.87 bits per heavy atom. The fourth-order valence-electron chi connectivity index (χ4n) is 1.79. The van der Waals surface area contributed by atoms with Crippen LogP contribution in [0.4, 0.5) is 15.8 Å². The average molecular weight is 333 g/mol. The summed E-state index contributed by atoms with van der Waals surface area (Å²) in [7, 11) is 0. The molecule has 0 fully saturated rings. The van der Waals surface area contributed by atoms with E-state index in [1.54, 1.807) is 13.0 Å². The Kier molecular flexibility index (Phi) is 4.97. The molecule has 1 amide bonds. The van der Waals surface area contributed by atoms with Crippen LogP contribution in [0.5, 0.6) is 0 Å². The number of hydrogen-bond donors (Lipinski definition) is 2. The van der Waals surface area contributed by atoms with Gasteiger partial charge in [-0.25, -0.2) is 4.39 Å². The van der Waals surface area contributed by atoms with Gasteiger partial charge in [0.2, 0.25) is 0 Å². The molecule has 2 rings (SSSR count). The summed E-state index contributed by atoms with van der Waals surface area (Å²) in [6.07, 6.45) is 0. The molecule has 0 aliphatic heterocycles. The van der Waals surface area contributed by atoms with Crippen molar-refractivity contribution >= 4 is 34.6 Å². The first-order chi connectivity index (χ1) is 10.9. The summed E-state index contributed by atoms with van der Waals surface area (Å²) in [6.45, 7) is 1.75. The molecule has 8 heteroatoms. The second-order valence-electron chi connectivity index (χ2n) is 4.67. The first-order valence-electron chi connectivity index (χ1n) is 6.50. The van der Waals surface area contributed by atoms with E-state index in [4.69, 9.17) is 12.2 Å². The minimum absolute atomic E-state index is 0.0112. The first-order valence-corrected chi connectivity index (χ1v) is 6.90. The van der Waals surface area contributed by atoms with Crippen molar-refractivity contribution in [1.82, 2.24) is 5.32 Å². The van der Waals surface area contributed by atoms with Gasteiger partial charge in [-0.15, -0.1) is 0 Å². The minimum Gasteiger partial charge on any atom is -0.332 e. The normalized spacial score (nSPS) is 10.0. The molecule has 2 N–H and O–H groups in total. The summed E-state index contributed by atoms with van der Waals surface area (Å²) in [5.41, 5.74) is 1.30. The van der Waals surface area contributed by atoms with Crippen LogP contribution in [0, 0.1) is 22.9 Å². The van der Waals surface area contributed by atoms with Crippen molar-refractivity contribution in [2.24, 2.45) is 0 Å². The Morgan fingerprint density at radius 1 is 1.22 bits per heavy atom. The molecule has 0 aliphatic rings. The third-order valence-electron chi connectivity index (χ3n) is 3.01. The Bertz CT molecular complexity index is 778. The second kappa shape index (κ2) is 6.93. The van der Waals surface area contributed by atoms with E-state index in [0.29, 0.717) is 5.69 Å². The van der Waals surface area contributed by atoms with E-state index in [1.807, 2.05) is 0 Å². The van der Waals surface area contributed by atoms with Gasteiger partial charge in [0.05, 0.1) is 4.92 Å². The third kappa shape index (κ3) is 4.30. The minimum atomic E-state index is -0.523. The molecule has 0 radical (unpaired) electrons. The van der Waals surface area contributed by atoms with Crippen LogP contribution in [0.1, 0.15) is 15.9 Å². The molecular formula is C15H12FN3O3S. The summed E-state index contributed by atoms with van der Waals surface area (Å²) in [4.78, 5) is 22.2. The van der Waals surface area contributed by atoms with Crippen LogP contribution in [0.15, 0.2) is 42.5 Å². The molecule has 0 heterocycles. The third-order valence-corrected chi connectivity index (χ3v) is 3.22. The number of benzene rings is 2. The lowest BCUT2D eigenvalue weighted by molar-refractivity contribution is -0.384. The summed E-state index contributed by atoms with van der Waals surface area (Å²) >= 11 is 5.02. The van der Waals surface area contributed by atoms with Gasteiger partial charge in [-0.1, -0.05) is 6.07 Å². The molecule has 0 spiro atoms. The van der Waals surface area contributed by atoms with Gasteiger partial charge < -0.3 is 5.32 Å². The van der Waals surface area contributed by atoms with Gasteiger partial charge >= 0.3 is 0 Å². The van der Waals surface area contributed by atoms with Crippen LogP contribution in [0.25, 0.3) is 0 Å². The number of nitro benzene ring substituents is 1. The average Bonchev–Trinajstić information content (AvgIpc) is 2.49. The van der Waals surface area contributed by atoms with Crippen LogP contribution >= 0.6 is 12.2 Å². The number of hydrogen-bond acceptors (Lipinski definition) is 4. The number of amides is 1. The molecule has 0 aromatic heterocycles. The molecule has 6 nitrogen and oxygen atoms in total. The number of thiocarbonyl (C=S) groups is 1. The monoisotopic (exact) mass is 333 g/mol. The van der Waals surface area contributed by atoms with Crippen LogP contribution in [-0.2, 0) is 0 Å². The Hall–Kier alpha value is -2.87. The standard InChI is InChI=1S/C15H12FN3O3S/c1-9-2-7-12(19(21)22)8-13(9)17-15(23)18-14(20)10-3-5-11(16)6-4-10/h2-8H,1H3,(H2,17,18,20,23). The van der Waals surface area contributed by atoms with Crippen molar-refractivity contribution in [2.75, 3.05) is 5.32 Å². The highest BCUT2D eigenvalue weighted by atomic mass is 32.1. The van der Waals surface area contributed by atoms with Gasteiger partial charge in [0.25, 0.3) is 11.6 Å². The van der Waals surface area contributed by atoms with Gasteiger partial charge in [0.15, 0.2) is 5.11 Å². The highest BCUT2D eigenvalue weighted by molar-refractivity contribution is 7.80. The fraction of sp³-hybridized carbons (Fsp3) is 0.0667. The van der Waals surface area contributed by atoms with Crippen LogP contribution in [0.3, 0.4) is 0 Å². The van der Waals surface area contributed by atoms with E-state index in [0.717, 1.165) is 17.7 Å². The molecule has 0 saturated carbocycles. The van der Waals surface area contributed by atoms with E-state index in [2.05, 4.69) is 10.6 Å². The lowest BCUT2D eigenvalue weighted by atomic mass is 10.2.